The number of allylic oxidation sites excluding steroid dienone is 1. The summed E-state index contributed by atoms with van der Waals surface area (Å²) in [7, 11) is 0. The van der Waals surface area contributed by atoms with Crippen LogP contribution in [0.25, 0.3) is 17.0 Å². The van der Waals surface area contributed by atoms with Crippen LogP contribution < -0.4 is 5.43 Å². The Hall–Kier alpha value is -1.87. The summed E-state index contributed by atoms with van der Waals surface area (Å²) in [5.41, 5.74) is 0.585. The van der Waals surface area contributed by atoms with Crippen molar-refractivity contribution in [3.05, 3.63) is 51.3 Å². The summed E-state index contributed by atoms with van der Waals surface area (Å²) in [6, 6.07) is 4.82. The Bertz CT molecular complexity index is 626. The van der Waals surface area contributed by atoms with Gasteiger partial charge in [0.25, 0.3) is 0 Å². The van der Waals surface area contributed by atoms with Crippen LogP contribution >= 0.6 is 11.6 Å². The molecular weight excluding hydrogens is 228 g/mol. The molecule has 2 rings (SSSR count). The Morgan fingerprint density at radius 3 is 2.88 bits per heavy atom. The van der Waals surface area contributed by atoms with Crippen molar-refractivity contribution in [2.24, 2.45) is 0 Å². The van der Waals surface area contributed by atoms with E-state index < -0.39 is 0 Å². The Morgan fingerprint density at radius 2 is 2.12 bits per heavy atom. The van der Waals surface area contributed by atoms with Gasteiger partial charge < -0.3 is 4.42 Å². The van der Waals surface area contributed by atoms with Crippen LogP contribution in [-0.4, -0.2) is 6.29 Å². The number of hydrogen-bond donors (Lipinski definition) is 0. The first-order chi connectivity index (χ1) is 7.72. The van der Waals surface area contributed by atoms with Crippen LogP contribution in [0, 0.1) is 0 Å². The highest BCUT2D eigenvalue weighted by Gasteiger charge is 2.04. The molecule has 1 heterocycles. The van der Waals surface area contributed by atoms with E-state index in [1.807, 2.05) is 0 Å². The van der Waals surface area contributed by atoms with Gasteiger partial charge in [-0.1, -0.05) is 11.6 Å². The van der Waals surface area contributed by atoms with Crippen LogP contribution in [-0.2, 0) is 4.79 Å². The second-order valence-electron chi connectivity index (χ2n) is 3.16. The molecule has 80 valence electrons. The normalized spacial score (nSPS) is 11.1. The van der Waals surface area contributed by atoms with Crippen LogP contribution in [0.5, 0.6) is 0 Å². The molecule has 0 aliphatic carbocycles. The fraction of sp³-hybridized carbons (Fsp3) is 0. The highest BCUT2D eigenvalue weighted by molar-refractivity contribution is 6.31. The number of carbonyl (C=O) groups is 1. The number of fused-ring (bicyclic) bond motifs is 1. The maximum Gasteiger partial charge on any atom is 0.199 e. The van der Waals surface area contributed by atoms with Crippen molar-refractivity contribution < 1.29 is 9.21 Å². The SMILES string of the molecule is O=CC=Cc1coc2ccc(Cl)cc2c1=O. The lowest BCUT2D eigenvalue weighted by Gasteiger charge is -1.98. The summed E-state index contributed by atoms with van der Waals surface area (Å²) in [5, 5.41) is 0.872. The molecule has 0 fully saturated rings. The van der Waals surface area contributed by atoms with E-state index in [0.29, 0.717) is 27.8 Å². The standard InChI is InChI=1S/C12H7ClO3/c13-9-3-4-11-10(6-9)12(15)8(7-16-11)2-1-5-14/h1-7H. The van der Waals surface area contributed by atoms with Crippen LogP contribution in [0.15, 0.2) is 39.7 Å². The minimum atomic E-state index is -0.207. The Balaban J connectivity index is 2.73. The van der Waals surface area contributed by atoms with Crippen molar-refractivity contribution in [1.29, 1.82) is 0 Å². The molecule has 0 atom stereocenters. The predicted octanol–water partition coefficient (Wildman–Crippen LogP) is 2.66. The number of benzene rings is 1. The average Bonchev–Trinajstić information content (AvgIpc) is 2.29. The predicted molar refractivity (Wildman–Crippen MR) is 62.6 cm³/mol. The van der Waals surface area contributed by atoms with Gasteiger partial charge >= 0.3 is 0 Å². The molecule has 16 heavy (non-hydrogen) atoms. The summed E-state index contributed by atoms with van der Waals surface area (Å²) in [6.07, 6.45) is 4.56. The van der Waals surface area contributed by atoms with Crippen LogP contribution in [0.1, 0.15) is 5.56 Å². The molecule has 0 N–H and O–H groups in total. The van der Waals surface area contributed by atoms with Gasteiger partial charge in [-0.05, 0) is 30.4 Å². The molecule has 2 aromatic rings. The van der Waals surface area contributed by atoms with Gasteiger partial charge in [-0.3, -0.25) is 9.59 Å². The first-order valence-corrected chi connectivity index (χ1v) is 4.93. The van der Waals surface area contributed by atoms with Crippen molar-refractivity contribution >= 4 is 34.9 Å². The molecular formula is C12H7ClO3. The second kappa shape index (κ2) is 4.33. The van der Waals surface area contributed by atoms with Crippen molar-refractivity contribution in [3.8, 4) is 0 Å². The van der Waals surface area contributed by atoms with Gasteiger partial charge in [0, 0.05) is 5.02 Å². The summed E-state index contributed by atoms with van der Waals surface area (Å²) in [5.74, 6) is 0. The van der Waals surface area contributed by atoms with Gasteiger partial charge in [0.05, 0.1) is 10.9 Å². The third-order valence-electron chi connectivity index (χ3n) is 2.12. The highest BCUT2D eigenvalue weighted by Crippen LogP contribution is 2.17. The minimum Gasteiger partial charge on any atom is -0.463 e. The first kappa shape index (κ1) is 10.6. The quantitative estimate of drug-likeness (QED) is 0.593. The second-order valence-corrected chi connectivity index (χ2v) is 3.59. The highest BCUT2D eigenvalue weighted by atomic mass is 35.5. The molecule has 0 radical (unpaired) electrons. The molecule has 1 aromatic heterocycles. The molecule has 3 nitrogen and oxygen atoms in total. The molecule has 0 bridgehead atoms. The van der Waals surface area contributed by atoms with Gasteiger partial charge in [0.2, 0.25) is 0 Å². The Kier molecular flexibility index (Phi) is 2.88. The minimum absolute atomic E-state index is 0.207. The zero-order valence-electron chi connectivity index (χ0n) is 8.14. The van der Waals surface area contributed by atoms with Gasteiger partial charge in [-0.2, -0.15) is 0 Å². The lowest BCUT2D eigenvalue weighted by atomic mass is 10.1. The fourth-order valence-corrected chi connectivity index (χ4v) is 1.55. The smallest absolute Gasteiger partial charge is 0.199 e. The third kappa shape index (κ3) is 1.90. The van der Waals surface area contributed by atoms with E-state index in [-0.39, 0.29) is 5.43 Å². The molecule has 0 spiro atoms. The lowest BCUT2D eigenvalue weighted by molar-refractivity contribution is -0.104. The topological polar surface area (TPSA) is 47.3 Å². The number of hydrogen-bond acceptors (Lipinski definition) is 3. The zero-order valence-corrected chi connectivity index (χ0v) is 8.90. The van der Waals surface area contributed by atoms with E-state index in [1.54, 1.807) is 18.2 Å². The van der Waals surface area contributed by atoms with E-state index in [2.05, 4.69) is 0 Å². The molecule has 0 aliphatic heterocycles. The molecule has 0 unspecified atom stereocenters. The molecule has 0 saturated heterocycles. The van der Waals surface area contributed by atoms with Crippen LogP contribution in [0.3, 0.4) is 0 Å². The van der Waals surface area contributed by atoms with Gasteiger partial charge in [0.1, 0.15) is 18.1 Å². The van der Waals surface area contributed by atoms with Crippen LogP contribution in [0.2, 0.25) is 5.02 Å². The monoisotopic (exact) mass is 234 g/mol. The third-order valence-corrected chi connectivity index (χ3v) is 2.35. The molecule has 1 aromatic carbocycles. The van der Waals surface area contributed by atoms with Gasteiger partial charge in [0.15, 0.2) is 5.43 Å². The van der Waals surface area contributed by atoms with E-state index in [9.17, 15) is 9.59 Å². The largest absolute Gasteiger partial charge is 0.463 e. The zero-order chi connectivity index (χ0) is 11.5. The van der Waals surface area contributed by atoms with Crippen molar-refractivity contribution in [3.63, 3.8) is 0 Å². The van der Waals surface area contributed by atoms with Gasteiger partial charge in [-0.25, -0.2) is 0 Å². The molecule has 0 aliphatic rings. The number of carbonyl (C=O) groups excluding carboxylic acids is 1. The maximum atomic E-state index is 11.9. The summed E-state index contributed by atoms with van der Waals surface area (Å²) in [4.78, 5) is 22.1. The van der Waals surface area contributed by atoms with Crippen molar-refractivity contribution in [2.45, 2.75) is 0 Å². The summed E-state index contributed by atoms with van der Waals surface area (Å²) in [6.45, 7) is 0. The lowest BCUT2D eigenvalue weighted by Crippen LogP contribution is -2.04. The fourth-order valence-electron chi connectivity index (χ4n) is 1.38. The molecule has 4 heteroatoms. The summed E-state index contributed by atoms with van der Waals surface area (Å²) < 4.78 is 5.25. The maximum absolute atomic E-state index is 11.9. The Labute approximate surface area is 95.9 Å². The molecule has 0 saturated carbocycles. The van der Waals surface area contributed by atoms with Crippen molar-refractivity contribution in [1.82, 2.24) is 0 Å². The number of rotatable bonds is 2. The van der Waals surface area contributed by atoms with Crippen molar-refractivity contribution in [2.75, 3.05) is 0 Å². The number of halogens is 1. The number of aldehydes is 1. The average molecular weight is 235 g/mol. The molecule has 0 amide bonds. The Morgan fingerprint density at radius 1 is 1.31 bits per heavy atom. The van der Waals surface area contributed by atoms with E-state index >= 15 is 0 Å². The van der Waals surface area contributed by atoms with Crippen LogP contribution in [0.4, 0.5) is 0 Å². The van der Waals surface area contributed by atoms with E-state index in [4.69, 9.17) is 16.0 Å². The first-order valence-electron chi connectivity index (χ1n) is 4.55. The van der Waals surface area contributed by atoms with E-state index in [0.717, 1.165) is 0 Å². The summed E-state index contributed by atoms with van der Waals surface area (Å²) >= 11 is 5.79. The van der Waals surface area contributed by atoms with E-state index in [1.165, 1.54) is 18.4 Å². The van der Waals surface area contributed by atoms with Gasteiger partial charge in [-0.15, -0.1) is 0 Å².